The van der Waals surface area contributed by atoms with Crippen molar-refractivity contribution in [3.05, 3.63) is 39.9 Å². The van der Waals surface area contributed by atoms with E-state index >= 15 is 0 Å². The monoisotopic (exact) mass is 264 g/mol. The lowest BCUT2D eigenvalue weighted by Gasteiger charge is -2.19. The normalized spacial score (nSPS) is 23.4. The molecule has 0 aromatic heterocycles. The van der Waals surface area contributed by atoms with Gasteiger partial charge in [0.05, 0.1) is 10.3 Å². The average molecular weight is 264 g/mol. The van der Waals surface area contributed by atoms with E-state index in [0.29, 0.717) is 26.1 Å². The topological polar surface area (TPSA) is 83.7 Å². The zero-order chi connectivity index (χ0) is 14.0. The summed E-state index contributed by atoms with van der Waals surface area (Å²) in [5, 5.41) is 19.9. The number of benzene rings is 1. The Morgan fingerprint density at radius 2 is 2.32 bits per heavy atom. The van der Waals surface area contributed by atoms with Gasteiger partial charge in [-0.15, -0.1) is 0 Å². The number of aliphatic carboxylic acids is 1. The molecule has 1 aliphatic rings. The number of rotatable bonds is 4. The third-order valence-electron chi connectivity index (χ3n) is 3.60. The number of carboxylic acids is 1. The summed E-state index contributed by atoms with van der Waals surface area (Å²) < 4.78 is 0. The number of nitro groups is 1. The van der Waals surface area contributed by atoms with Gasteiger partial charge in [-0.2, -0.15) is 0 Å². The minimum atomic E-state index is -0.783. The maximum absolute atomic E-state index is 11.1. The Morgan fingerprint density at radius 3 is 2.89 bits per heavy atom. The molecule has 2 rings (SSSR count). The molecule has 0 spiro atoms. The fraction of sp³-hybridized carbons (Fsp3) is 0.462. The first-order valence-electron chi connectivity index (χ1n) is 6.10. The zero-order valence-corrected chi connectivity index (χ0v) is 10.7. The average Bonchev–Trinajstić information content (AvgIpc) is 2.72. The molecule has 1 N–H and O–H groups in total. The summed E-state index contributed by atoms with van der Waals surface area (Å²) in [7, 11) is 0. The maximum atomic E-state index is 11.1. The largest absolute Gasteiger partial charge is 0.481 e. The number of carbonyl (C=O) groups is 1. The Labute approximate surface area is 110 Å². The molecule has 1 fully saturated rings. The Hall–Kier alpha value is -1.95. The summed E-state index contributed by atoms with van der Waals surface area (Å²) >= 11 is 0. The fourth-order valence-corrected chi connectivity index (χ4v) is 2.39. The molecule has 6 nitrogen and oxygen atoms in total. The highest BCUT2D eigenvalue weighted by Crippen LogP contribution is 2.31. The highest BCUT2D eigenvalue weighted by Gasteiger charge is 2.40. The Bertz CT molecular complexity index is 517. The summed E-state index contributed by atoms with van der Waals surface area (Å²) in [4.78, 5) is 23.4. The fourth-order valence-electron chi connectivity index (χ4n) is 2.39. The van der Waals surface area contributed by atoms with E-state index in [2.05, 4.69) is 0 Å². The van der Waals surface area contributed by atoms with Gasteiger partial charge in [0, 0.05) is 25.2 Å². The minimum absolute atomic E-state index is 0.0673. The van der Waals surface area contributed by atoms with Crippen LogP contribution in [-0.2, 0) is 11.3 Å². The second kappa shape index (κ2) is 4.97. The molecule has 0 saturated carbocycles. The van der Waals surface area contributed by atoms with Crippen LogP contribution in [-0.4, -0.2) is 34.0 Å². The maximum Gasteiger partial charge on any atom is 0.310 e. The number of likely N-dealkylation sites (tertiary alicyclic amines) is 1. The van der Waals surface area contributed by atoms with Gasteiger partial charge in [-0.1, -0.05) is 12.1 Å². The van der Waals surface area contributed by atoms with Crippen LogP contribution < -0.4 is 0 Å². The van der Waals surface area contributed by atoms with Crippen LogP contribution in [0.25, 0.3) is 0 Å². The second-order valence-corrected chi connectivity index (χ2v) is 5.25. The smallest absolute Gasteiger partial charge is 0.310 e. The quantitative estimate of drug-likeness (QED) is 0.663. The number of nitro benzene ring substituents is 1. The van der Waals surface area contributed by atoms with Gasteiger partial charge >= 0.3 is 5.97 Å². The lowest BCUT2D eigenvalue weighted by atomic mass is 9.90. The first kappa shape index (κ1) is 13.5. The first-order valence-corrected chi connectivity index (χ1v) is 6.10. The lowest BCUT2D eigenvalue weighted by Crippen LogP contribution is -2.31. The van der Waals surface area contributed by atoms with Crippen LogP contribution in [0.15, 0.2) is 24.3 Å². The summed E-state index contributed by atoms with van der Waals surface area (Å²) in [5.74, 6) is -0.783. The van der Waals surface area contributed by atoms with Crippen LogP contribution in [0.3, 0.4) is 0 Å². The van der Waals surface area contributed by atoms with Crippen molar-refractivity contribution in [3.8, 4) is 0 Å². The highest BCUT2D eigenvalue weighted by molar-refractivity contribution is 5.74. The van der Waals surface area contributed by atoms with Gasteiger partial charge in [-0.25, -0.2) is 0 Å². The molecule has 1 atom stereocenters. The van der Waals surface area contributed by atoms with Crippen molar-refractivity contribution in [2.24, 2.45) is 5.41 Å². The molecule has 1 aromatic rings. The van der Waals surface area contributed by atoms with E-state index in [4.69, 9.17) is 5.11 Å². The molecule has 1 aliphatic heterocycles. The van der Waals surface area contributed by atoms with E-state index in [9.17, 15) is 14.9 Å². The second-order valence-electron chi connectivity index (χ2n) is 5.25. The Balaban J connectivity index is 2.05. The van der Waals surface area contributed by atoms with Crippen molar-refractivity contribution in [1.82, 2.24) is 4.90 Å². The van der Waals surface area contributed by atoms with E-state index in [-0.39, 0.29) is 5.69 Å². The van der Waals surface area contributed by atoms with Gasteiger partial charge in [0.15, 0.2) is 0 Å². The van der Waals surface area contributed by atoms with Crippen molar-refractivity contribution < 1.29 is 14.8 Å². The van der Waals surface area contributed by atoms with Gasteiger partial charge in [0.1, 0.15) is 0 Å². The number of nitrogens with zero attached hydrogens (tertiary/aromatic N) is 2. The van der Waals surface area contributed by atoms with E-state index in [0.717, 1.165) is 5.56 Å². The van der Waals surface area contributed by atoms with Crippen LogP contribution in [0.1, 0.15) is 18.9 Å². The molecule has 102 valence electrons. The van der Waals surface area contributed by atoms with Crippen LogP contribution in [0.4, 0.5) is 5.69 Å². The molecule has 0 radical (unpaired) electrons. The number of hydrogen-bond acceptors (Lipinski definition) is 4. The van der Waals surface area contributed by atoms with E-state index in [1.165, 1.54) is 12.1 Å². The molecule has 1 unspecified atom stereocenters. The molecular weight excluding hydrogens is 248 g/mol. The number of non-ortho nitro benzene ring substituents is 1. The van der Waals surface area contributed by atoms with Crippen molar-refractivity contribution in [1.29, 1.82) is 0 Å². The van der Waals surface area contributed by atoms with Crippen molar-refractivity contribution in [2.75, 3.05) is 13.1 Å². The highest BCUT2D eigenvalue weighted by atomic mass is 16.6. The van der Waals surface area contributed by atoms with E-state index in [1.807, 2.05) is 11.0 Å². The van der Waals surface area contributed by atoms with Gasteiger partial charge in [-0.05, 0) is 25.5 Å². The molecule has 1 heterocycles. The van der Waals surface area contributed by atoms with Gasteiger partial charge in [0.25, 0.3) is 5.69 Å². The third kappa shape index (κ3) is 2.90. The number of carboxylic acid groups (broad SMARTS) is 1. The summed E-state index contributed by atoms with van der Waals surface area (Å²) in [6.45, 7) is 3.46. The van der Waals surface area contributed by atoms with Crippen LogP contribution >= 0.6 is 0 Å². The summed E-state index contributed by atoms with van der Waals surface area (Å²) in [6.07, 6.45) is 0.608. The molecule has 19 heavy (non-hydrogen) atoms. The SMILES string of the molecule is CC1(C(=O)O)CCN(Cc2cccc([N+](=O)[O-])c2)C1. The Kier molecular flexibility index (Phi) is 3.53. The van der Waals surface area contributed by atoms with Gasteiger partial charge in [-0.3, -0.25) is 19.8 Å². The van der Waals surface area contributed by atoms with Crippen molar-refractivity contribution >= 4 is 11.7 Å². The number of hydrogen-bond donors (Lipinski definition) is 1. The Morgan fingerprint density at radius 1 is 1.58 bits per heavy atom. The first-order chi connectivity index (χ1) is 8.90. The predicted octanol–water partition coefficient (Wildman–Crippen LogP) is 1.89. The molecule has 1 aromatic carbocycles. The van der Waals surface area contributed by atoms with Crippen LogP contribution in [0, 0.1) is 15.5 Å². The van der Waals surface area contributed by atoms with Gasteiger partial charge < -0.3 is 5.11 Å². The zero-order valence-electron chi connectivity index (χ0n) is 10.7. The standard InChI is InChI=1S/C13H16N2O4/c1-13(12(16)17)5-6-14(9-13)8-10-3-2-4-11(7-10)15(18)19/h2-4,7H,5-6,8-9H2,1H3,(H,16,17). The molecule has 0 aliphatic carbocycles. The van der Waals surface area contributed by atoms with Gasteiger partial charge in [0.2, 0.25) is 0 Å². The lowest BCUT2D eigenvalue weighted by molar-refractivity contribution is -0.384. The molecule has 1 saturated heterocycles. The minimum Gasteiger partial charge on any atom is -0.481 e. The molecule has 0 bridgehead atoms. The van der Waals surface area contributed by atoms with E-state index < -0.39 is 16.3 Å². The molecule has 0 amide bonds. The van der Waals surface area contributed by atoms with Crippen LogP contribution in [0.2, 0.25) is 0 Å². The predicted molar refractivity (Wildman–Crippen MR) is 68.7 cm³/mol. The molecular formula is C13H16N2O4. The van der Waals surface area contributed by atoms with Crippen molar-refractivity contribution in [2.45, 2.75) is 19.9 Å². The van der Waals surface area contributed by atoms with E-state index in [1.54, 1.807) is 13.0 Å². The molecule has 6 heteroatoms. The third-order valence-corrected chi connectivity index (χ3v) is 3.60. The van der Waals surface area contributed by atoms with Crippen LogP contribution in [0.5, 0.6) is 0 Å². The summed E-state index contributed by atoms with van der Waals surface area (Å²) in [5.41, 5.74) is 0.197. The summed E-state index contributed by atoms with van der Waals surface area (Å²) in [6, 6.07) is 6.47. The van der Waals surface area contributed by atoms with Crippen molar-refractivity contribution in [3.63, 3.8) is 0 Å².